The number of carboxylic acids is 1. The second-order valence-electron chi connectivity index (χ2n) is 3.51. The quantitative estimate of drug-likeness (QED) is 0.845. The number of rotatable bonds is 3. The van der Waals surface area contributed by atoms with E-state index in [0.717, 1.165) is 0 Å². The van der Waals surface area contributed by atoms with Gasteiger partial charge >= 0.3 is 5.97 Å². The van der Waals surface area contributed by atoms with Gasteiger partial charge in [-0.15, -0.1) is 0 Å². The topological polar surface area (TPSA) is 92.2 Å². The Kier molecular flexibility index (Phi) is 3.86. The van der Waals surface area contributed by atoms with Crippen molar-refractivity contribution in [3.8, 4) is 0 Å². The Hall–Kier alpha value is -2.28. The summed E-state index contributed by atoms with van der Waals surface area (Å²) in [5, 5.41) is 11.3. The van der Waals surface area contributed by atoms with Gasteiger partial charge in [-0.1, -0.05) is 12.1 Å². The number of hydrogen-bond acceptors (Lipinski definition) is 4. The number of amides is 1. The molecule has 0 bridgehead atoms. The van der Waals surface area contributed by atoms with Crippen LogP contribution in [0.2, 0.25) is 0 Å². The predicted molar refractivity (Wildman–Crippen MR) is 71.1 cm³/mol. The molecule has 96 valence electrons. The van der Waals surface area contributed by atoms with E-state index in [-0.39, 0.29) is 17.2 Å². The average molecular weight is 322 g/mol. The van der Waals surface area contributed by atoms with E-state index in [2.05, 4.69) is 31.2 Å². The van der Waals surface area contributed by atoms with E-state index in [4.69, 9.17) is 5.11 Å². The number of carbonyl (C=O) groups excluding carboxylic acids is 1. The van der Waals surface area contributed by atoms with E-state index in [1.54, 1.807) is 18.2 Å². The largest absolute Gasteiger partial charge is 0.477 e. The second kappa shape index (κ2) is 5.57. The highest BCUT2D eigenvalue weighted by atomic mass is 79.9. The molecule has 2 heterocycles. The summed E-state index contributed by atoms with van der Waals surface area (Å²) in [6.45, 7) is 0. The van der Waals surface area contributed by atoms with Crippen molar-refractivity contribution >= 4 is 33.6 Å². The van der Waals surface area contributed by atoms with Crippen LogP contribution in [0.5, 0.6) is 0 Å². The zero-order valence-electron chi connectivity index (χ0n) is 9.50. The molecule has 0 saturated carbocycles. The number of halogens is 1. The van der Waals surface area contributed by atoms with Gasteiger partial charge in [0.15, 0.2) is 5.69 Å². The van der Waals surface area contributed by atoms with Crippen LogP contribution >= 0.6 is 15.9 Å². The van der Waals surface area contributed by atoms with Crippen LogP contribution in [0.15, 0.2) is 41.0 Å². The Morgan fingerprint density at radius 1 is 1.05 bits per heavy atom. The van der Waals surface area contributed by atoms with Gasteiger partial charge < -0.3 is 10.4 Å². The van der Waals surface area contributed by atoms with Crippen LogP contribution in [0, 0.1) is 0 Å². The Bertz CT molecular complexity index is 646. The molecule has 2 N–H and O–H groups in total. The van der Waals surface area contributed by atoms with Gasteiger partial charge in [-0.25, -0.2) is 14.8 Å². The Morgan fingerprint density at radius 2 is 1.74 bits per heavy atom. The van der Waals surface area contributed by atoms with Crippen molar-refractivity contribution in [3.05, 3.63) is 52.4 Å². The molecule has 0 atom stereocenters. The van der Waals surface area contributed by atoms with E-state index in [1.165, 1.54) is 18.2 Å². The van der Waals surface area contributed by atoms with Crippen LogP contribution in [0.1, 0.15) is 21.0 Å². The Morgan fingerprint density at radius 3 is 2.42 bits per heavy atom. The molecule has 6 nitrogen and oxygen atoms in total. The van der Waals surface area contributed by atoms with E-state index in [1.807, 2.05) is 0 Å². The molecule has 0 aliphatic rings. The first-order valence-electron chi connectivity index (χ1n) is 5.20. The Labute approximate surface area is 116 Å². The summed E-state index contributed by atoms with van der Waals surface area (Å²) in [5.41, 5.74) is 0.0666. The summed E-state index contributed by atoms with van der Waals surface area (Å²) in [7, 11) is 0. The summed E-state index contributed by atoms with van der Waals surface area (Å²) < 4.78 is 0.535. The number of aromatic nitrogens is 2. The van der Waals surface area contributed by atoms with Crippen molar-refractivity contribution < 1.29 is 14.7 Å². The molecular weight excluding hydrogens is 314 g/mol. The van der Waals surface area contributed by atoms with Crippen molar-refractivity contribution in [2.45, 2.75) is 0 Å². The van der Waals surface area contributed by atoms with E-state index < -0.39 is 11.9 Å². The number of hydrogen-bond donors (Lipinski definition) is 2. The first-order valence-corrected chi connectivity index (χ1v) is 6.00. The highest BCUT2D eigenvalue weighted by molar-refractivity contribution is 9.10. The molecule has 0 fully saturated rings. The highest BCUT2D eigenvalue weighted by Crippen LogP contribution is 2.09. The molecular formula is C12H8BrN3O3. The first-order chi connectivity index (χ1) is 9.06. The van der Waals surface area contributed by atoms with Gasteiger partial charge in [0.05, 0.1) is 0 Å². The molecule has 0 aromatic carbocycles. The number of nitrogens with one attached hydrogen (secondary N) is 1. The van der Waals surface area contributed by atoms with E-state index >= 15 is 0 Å². The third-order valence-electron chi connectivity index (χ3n) is 2.16. The molecule has 19 heavy (non-hydrogen) atoms. The van der Waals surface area contributed by atoms with Gasteiger partial charge in [-0.2, -0.15) is 0 Å². The number of pyridine rings is 2. The lowest BCUT2D eigenvalue weighted by Gasteiger charge is -2.04. The van der Waals surface area contributed by atoms with E-state index in [9.17, 15) is 9.59 Å². The minimum atomic E-state index is -1.16. The van der Waals surface area contributed by atoms with Gasteiger partial charge in [0.1, 0.15) is 16.1 Å². The third kappa shape index (κ3) is 3.35. The minimum absolute atomic E-state index is 0.139. The Balaban J connectivity index is 2.19. The summed E-state index contributed by atoms with van der Waals surface area (Å²) in [4.78, 5) is 30.4. The summed E-state index contributed by atoms with van der Waals surface area (Å²) in [6, 6.07) is 9.26. The minimum Gasteiger partial charge on any atom is -0.477 e. The number of carboxylic acid groups (broad SMARTS) is 1. The normalized spacial score (nSPS) is 9.95. The van der Waals surface area contributed by atoms with Crippen molar-refractivity contribution in [2.75, 3.05) is 5.32 Å². The van der Waals surface area contributed by atoms with Crippen molar-refractivity contribution in [1.29, 1.82) is 0 Å². The van der Waals surface area contributed by atoms with Crippen LogP contribution in [0.25, 0.3) is 0 Å². The van der Waals surface area contributed by atoms with Crippen molar-refractivity contribution in [2.24, 2.45) is 0 Å². The molecule has 2 aromatic rings. The molecule has 0 saturated heterocycles. The summed E-state index contributed by atoms with van der Waals surface area (Å²) >= 11 is 3.16. The third-order valence-corrected chi connectivity index (χ3v) is 2.60. The maximum atomic E-state index is 11.9. The van der Waals surface area contributed by atoms with Crippen LogP contribution in [0.3, 0.4) is 0 Å². The number of nitrogens with zero attached hydrogens (tertiary/aromatic N) is 2. The second-order valence-corrected chi connectivity index (χ2v) is 4.33. The van der Waals surface area contributed by atoms with Crippen molar-refractivity contribution in [3.63, 3.8) is 0 Å². The van der Waals surface area contributed by atoms with Crippen LogP contribution in [-0.4, -0.2) is 27.0 Å². The fourth-order valence-electron chi connectivity index (χ4n) is 1.34. The summed E-state index contributed by atoms with van der Waals surface area (Å²) in [5.74, 6) is -1.46. The average Bonchev–Trinajstić information content (AvgIpc) is 2.39. The molecule has 7 heteroatoms. The van der Waals surface area contributed by atoms with Gasteiger partial charge in [-0.05, 0) is 40.2 Å². The molecule has 0 radical (unpaired) electrons. The standard InChI is InChI=1S/C12H8BrN3O3/c13-9-5-1-3-7(14-9)11(17)16-10-6-2-4-8(15-10)12(18)19/h1-6H,(H,18,19)(H,15,16,17). The van der Waals surface area contributed by atoms with E-state index in [0.29, 0.717) is 4.60 Å². The first kappa shape index (κ1) is 13.2. The highest BCUT2D eigenvalue weighted by Gasteiger charge is 2.10. The number of aromatic carboxylic acids is 1. The lowest BCUT2D eigenvalue weighted by atomic mass is 10.3. The fourth-order valence-corrected chi connectivity index (χ4v) is 1.68. The molecule has 2 rings (SSSR count). The molecule has 0 spiro atoms. The fraction of sp³-hybridized carbons (Fsp3) is 0. The SMILES string of the molecule is O=C(O)c1cccc(NC(=O)c2cccc(Br)n2)n1. The van der Waals surface area contributed by atoms with Gasteiger partial charge in [-0.3, -0.25) is 4.79 Å². The smallest absolute Gasteiger partial charge is 0.354 e. The van der Waals surface area contributed by atoms with Gasteiger partial charge in [0, 0.05) is 0 Å². The predicted octanol–water partition coefficient (Wildman–Crippen LogP) is 2.19. The zero-order chi connectivity index (χ0) is 13.8. The van der Waals surface area contributed by atoms with Gasteiger partial charge in [0.2, 0.25) is 0 Å². The lowest BCUT2D eigenvalue weighted by molar-refractivity contribution is 0.0690. The molecule has 0 unspecified atom stereocenters. The summed E-state index contributed by atoms with van der Waals surface area (Å²) in [6.07, 6.45) is 0. The maximum Gasteiger partial charge on any atom is 0.354 e. The van der Waals surface area contributed by atoms with Crippen LogP contribution < -0.4 is 5.32 Å². The molecule has 0 aliphatic carbocycles. The van der Waals surface area contributed by atoms with Gasteiger partial charge in [0.25, 0.3) is 5.91 Å². The monoisotopic (exact) mass is 321 g/mol. The lowest BCUT2D eigenvalue weighted by Crippen LogP contribution is -2.15. The molecule has 2 aromatic heterocycles. The number of carbonyl (C=O) groups is 2. The maximum absolute atomic E-state index is 11.9. The molecule has 1 amide bonds. The molecule has 0 aliphatic heterocycles. The number of anilines is 1. The van der Waals surface area contributed by atoms with Crippen LogP contribution in [-0.2, 0) is 0 Å². The van der Waals surface area contributed by atoms with Crippen LogP contribution in [0.4, 0.5) is 5.82 Å². The van der Waals surface area contributed by atoms with Crippen molar-refractivity contribution in [1.82, 2.24) is 9.97 Å². The zero-order valence-corrected chi connectivity index (χ0v) is 11.1.